The molecule has 1 rings (SSSR count). The van der Waals surface area contributed by atoms with Gasteiger partial charge in [0.2, 0.25) is 0 Å². The number of benzene rings is 1. The van der Waals surface area contributed by atoms with E-state index in [1.807, 2.05) is 0 Å². The fraction of sp³-hybridized carbons (Fsp3) is 0.500. The number of hydrogen-bond donors (Lipinski definition) is 0. The minimum Gasteiger partial charge on any atom is -0.240 e. The Hall–Kier alpha value is -0.860. The summed E-state index contributed by atoms with van der Waals surface area (Å²) < 4.78 is 0. The molecular formula is C12H20O2. The highest BCUT2D eigenvalue weighted by molar-refractivity contribution is 5.14. The second-order valence-electron chi connectivity index (χ2n) is 3.42. The third-order valence-corrected chi connectivity index (χ3v) is 1.65. The summed E-state index contributed by atoms with van der Waals surface area (Å²) in [7, 11) is 2.92. The van der Waals surface area contributed by atoms with Crippen LogP contribution in [0.3, 0.4) is 0 Å². The van der Waals surface area contributed by atoms with Crippen molar-refractivity contribution in [3.63, 3.8) is 0 Å². The second-order valence-corrected chi connectivity index (χ2v) is 3.42. The van der Waals surface area contributed by atoms with Crippen LogP contribution in [0.5, 0.6) is 0 Å². The molecule has 0 aliphatic heterocycles. The van der Waals surface area contributed by atoms with Gasteiger partial charge in [-0.15, -0.1) is 0 Å². The lowest BCUT2D eigenvalue weighted by atomic mass is 10.0. The lowest BCUT2D eigenvalue weighted by Crippen LogP contribution is -1.92. The molecule has 1 aromatic carbocycles. The maximum absolute atomic E-state index is 4.04. The van der Waals surface area contributed by atoms with Gasteiger partial charge in [-0.2, -0.15) is 0 Å². The van der Waals surface area contributed by atoms with Crippen LogP contribution in [0.2, 0.25) is 0 Å². The maximum atomic E-state index is 4.04. The van der Waals surface area contributed by atoms with Gasteiger partial charge < -0.3 is 0 Å². The average Bonchev–Trinajstić information content (AvgIpc) is 2.19. The van der Waals surface area contributed by atoms with Crippen LogP contribution in [-0.2, 0) is 16.2 Å². The number of hydrogen-bond acceptors (Lipinski definition) is 2. The molecule has 0 saturated heterocycles. The van der Waals surface area contributed by atoms with Crippen molar-refractivity contribution in [3.8, 4) is 0 Å². The van der Waals surface area contributed by atoms with Crippen LogP contribution >= 0.6 is 0 Å². The van der Waals surface area contributed by atoms with Crippen molar-refractivity contribution in [2.45, 2.75) is 20.3 Å². The van der Waals surface area contributed by atoms with Gasteiger partial charge in [0.05, 0.1) is 14.2 Å². The summed E-state index contributed by atoms with van der Waals surface area (Å²) in [5.74, 6) is 0.766. The van der Waals surface area contributed by atoms with E-state index in [9.17, 15) is 0 Å². The molecule has 2 heteroatoms. The van der Waals surface area contributed by atoms with E-state index in [1.165, 1.54) is 26.2 Å². The minimum absolute atomic E-state index is 0.766. The minimum atomic E-state index is 0.766. The standard InChI is InChI=1S/C10H14.C2H6O2/c1-9(2)8-10-6-4-3-5-7-10;1-3-4-2/h3-7,9H,8H2,1-2H3;1-2H3. The zero-order valence-electron chi connectivity index (χ0n) is 9.49. The molecule has 0 unspecified atom stereocenters. The highest BCUT2D eigenvalue weighted by Crippen LogP contribution is 2.05. The van der Waals surface area contributed by atoms with Gasteiger partial charge in [0.15, 0.2) is 0 Å². The lowest BCUT2D eigenvalue weighted by Gasteiger charge is -2.02. The molecule has 0 spiro atoms. The molecule has 0 fully saturated rings. The maximum Gasteiger partial charge on any atom is 0.0712 e. The molecule has 0 atom stereocenters. The molecule has 0 bridgehead atoms. The summed E-state index contributed by atoms with van der Waals surface area (Å²) in [5, 5.41) is 0. The van der Waals surface area contributed by atoms with Gasteiger partial charge in [-0.25, -0.2) is 9.78 Å². The van der Waals surface area contributed by atoms with Crippen molar-refractivity contribution < 1.29 is 9.78 Å². The first-order valence-electron chi connectivity index (χ1n) is 4.81. The largest absolute Gasteiger partial charge is 0.240 e. The third-order valence-electron chi connectivity index (χ3n) is 1.65. The Labute approximate surface area is 86.8 Å². The van der Waals surface area contributed by atoms with Crippen molar-refractivity contribution in [1.29, 1.82) is 0 Å². The first kappa shape index (κ1) is 13.1. The van der Waals surface area contributed by atoms with Crippen LogP contribution in [0.1, 0.15) is 19.4 Å². The first-order chi connectivity index (χ1) is 6.70. The van der Waals surface area contributed by atoms with Crippen molar-refractivity contribution in [2.24, 2.45) is 5.92 Å². The monoisotopic (exact) mass is 196 g/mol. The fourth-order valence-electron chi connectivity index (χ4n) is 1.09. The van der Waals surface area contributed by atoms with Crippen molar-refractivity contribution >= 4 is 0 Å². The van der Waals surface area contributed by atoms with Crippen molar-refractivity contribution in [1.82, 2.24) is 0 Å². The van der Waals surface area contributed by atoms with Crippen LogP contribution in [0.15, 0.2) is 30.3 Å². The topological polar surface area (TPSA) is 18.5 Å². The Morgan fingerprint density at radius 3 is 1.86 bits per heavy atom. The molecule has 0 amide bonds. The third kappa shape index (κ3) is 7.77. The van der Waals surface area contributed by atoms with E-state index < -0.39 is 0 Å². The van der Waals surface area contributed by atoms with Crippen molar-refractivity contribution in [3.05, 3.63) is 35.9 Å². The van der Waals surface area contributed by atoms with E-state index in [1.54, 1.807) is 0 Å². The van der Waals surface area contributed by atoms with Gasteiger partial charge in [0, 0.05) is 0 Å². The van der Waals surface area contributed by atoms with Gasteiger partial charge >= 0.3 is 0 Å². The van der Waals surface area contributed by atoms with E-state index in [4.69, 9.17) is 0 Å². The van der Waals surface area contributed by atoms with E-state index in [0.717, 1.165) is 5.92 Å². The highest BCUT2D eigenvalue weighted by Gasteiger charge is 1.94. The normalized spacial score (nSPS) is 9.50. The van der Waals surface area contributed by atoms with E-state index in [0.29, 0.717) is 0 Å². The molecule has 0 saturated carbocycles. The van der Waals surface area contributed by atoms with Gasteiger partial charge in [0.25, 0.3) is 0 Å². The van der Waals surface area contributed by atoms with Crippen molar-refractivity contribution in [2.75, 3.05) is 14.2 Å². The van der Waals surface area contributed by atoms with Gasteiger partial charge in [-0.3, -0.25) is 0 Å². The smallest absolute Gasteiger partial charge is 0.0712 e. The summed E-state index contributed by atoms with van der Waals surface area (Å²) in [6, 6.07) is 10.6. The van der Waals surface area contributed by atoms with Crippen LogP contribution < -0.4 is 0 Å². The summed E-state index contributed by atoms with van der Waals surface area (Å²) in [5.41, 5.74) is 1.44. The quantitative estimate of drug-likeness (QED) is 0.546. The molecule has 14 heavy (non-hydrogen) atoms. The molecule has 0 radical (unpaired) electrons. The lowest BCUT2D eigenvalue weighted by molar-refractivity contribution is -0.248. The summed E-state index contributed by atoms with van der Waals surface area (Å²) >= 11 is 0. The molecule has 80 valence electrons. The van der Waals surface area contributed by atoms with Crippen LogP contribution in [0.4, 0.5) is 0 Å². The zero-order chi connectivity index (χ0) is 10.8. The van der Waals surface area contributed by atoms with Gasteiger partial charge in [-0.1, -0.05) is 44.2 Å². The summed E-state index contributed by atoms with van der Waals surface area (Å²) in [6.07, 6.45) is 1.20. The van der Waals surface area contributed by atoms with Crippen LogP contribution in [0.25, 0.3) is 0 Å². The Kier molecular flexibility index (Phi) is 8.19. The van der Waals surface area contributed by atoms with Gasteiger partial charge in [0.1, 0.15) is 0 Å². The molecule has 0 aliphatic rings. The molecule has 0 heterocycles. The second kappa shape index (κ2) is 8.73. The highest BCUT2D eigenvalue weighted by atomic mass is 17.2. The summed E-state index contributed by atoms with van der Waals surface area (Å²) in [4.78, 5) is 8.08. The van der Waals surface area contributed by atoms with Gasteiger partial charge in [-0.05, 0) is 17.9 Å². The Morgan fingerprint density at radius 1 is 1.00 bits per heavy atom. The number of rotatable bonds is 3. The van der Waals surface area contributed by atoms with Crippen LogP contribution in [-0.4, -0.2) is 14.2 Å². The molecule has 0 aliphatic carbocycles. The fourth-order valence-corrected chi connectivity index (χ4v) is 1.09. The Balaban J connectivity index is 0.000000364. The SMILES string of the molecule is CC(C)Cc1ccccc1.COOC. The molecule has 0 N–H and O–H groups in total. The average molecular weight is 196 g/mol. The Bertz CT molecular complexity index is 205. The predicted octanol–water partition coefficient (Wildman–Crippen LogP) is 3.08. The zero-order valence-corrected chi connectivity index (χ0v) is 9.49. The van der Waals surface area contributed by atoms with Crippen LogP contribution in [0, 0.1) is 5.92 Å². The summed E-state index contributed by atoms with van der Waals surface area (Å²) in [6.45, 7) is 4.49. The molecule has 1 aromatic rings. The predicted molar refractivity (Wildman–Crippen MR) is 59.0 cm³/mol. The van der Waals surface area contributed by atoms with E-state index >= 15 is 0 Å². The Morgan fingerprint density at radius 2 is 1.50 bits per heavy atom. The first-order valence-corrected chi connectivity index (χ1v) is 4.81. The van der Waals surface area contributed by atoms with E-state index in [2.05, 4.69) is 54.0 Å². The molecular weight excluding hydrogens is 176 g/mol. The van der Waals surface area contributed by atoms with E-state index in [-0.39, 0.29) is 0 Å². The molecule has 2 nitrogen and oxygen atoms in total. The molecule has 0 aromatic heterocycles.